The van der Waals surface area contributed by atoms with E-state index in [0.717, 1.165) is 6.04 Å². The Bertz CT molecular complexity index is 1240. The Morgan fingerprint density at radius 2 is 1.93 bits per heavy atom. The Morgan fingerprint density at radius 1 is 1.20 bits per heavy atom. The summed E-state index contributed by atoms with van der Waals surface area (Å²) >= 11 is 0. The van der Waals surface area contributed by atoms with E-state index in [1.807, 2.05) is 4.57 Å². The van der Waals surface area contributed by atoms with Crippen LogP contribution in [0.15, 0.2) is 24.4 Å². The molecule has 1 aliphatic rings. The number of alkyl carbamates (subject to hydrolysis) is 1. The highest BCUT2D eigenvalue weighted by Crippen LogP contribution is 2.33. The number of carbonyl (C=O) groups excluding carboxylic acids is 3. The monoisotopic (exact) mass is 589 g/mol. The summed E-state index contributed by atoms with van der Waals surface area (Å²) in [6.45, 7) is 13.0. The summed E-state index contributed by atoms with van der Waals surface area (Å²) in [4.78, 5) is 42.3. The van der Waals surface area contributed by atoms with E-state index in [9.17, 15) is 19.5 Å². The molecule has 2 heterocycles. The van der Waals surface area contributed by atoms with E-state index < -0.39 is 43.9 Å². The van der Waals surface area contributed by atoms with Crippen LogP contribution in [0.1, 0.15) is 51.9 Å². The zero-order valence-electron chi connectivity index (χ0n) is 25.0. The SMILES string of the molecule is COC(=O)Nc1ccc2c(c1)NC(=O)C[C@@H](O)CCC(NC(=O)OC(C)(C)C)c1nc-2cn1COCC[Si](C)(C)C. The van der Waals surface area contributed by atoms with Gasteiger partial charge < -0.3 is 34.5 Å². The van der Waals surface area contributed by atoms with Gasteiger partial charge in [-0.2, -0.15) is 0 Å². The second-order valence-electron chi connectivity index (χ2n) is 12.4. The van der Waals surface area contributed by atoms with E-state index >= 15 is 0 Å². The number of hydrogen-bond acceptors (Lipinski definition) is 8. The second kappa shape index (κ2) is 13.5. The number of amides is 3. The molecule has 1 aromatic heterocycles. The van der Waals surface area contributed by atoms with Crippen LogP contribution in [0.4, 0.5) is 21.0 Å². The maximum Gasteiger partial charge on any atom is 0.411 e. The summed E-state index contributed by atoms with van der Waals surface area (Å²) in [5.41, 5.74) is 1.21. The van der Waals surface area contributed by atoms with Crippen LogP contribution >= 0.6 is 0 Å². The number of hydrogen-bond donors (Lipinski definition) is 4. The van der Waals surface area contributed by atoms with Crippen molar-refractivity contribution in [2.75, 3.05) is 24.4 Å². The Balaban J connectivity index is 2.06. The van der Waals surface area contributed by atoms with Gasteiger partial charge in [0.1, 0.15) is 18.2 Å². The first-order chi connectivity index (χ1) is 19.1. The highest BCUT2D eigenvalue weighted by Gasteiger charge is 2.28. The summed E-state index contributed by atoms with van der Waals surface area (Å²) < 4.78 is 18.1. The van der Waals surface area contributed by atoms with Crippen LogP contribution in [0.5, 0.6) is 0 Å². The van der Waals surface area contributed by atoms with Crippen molar-refractivity contribution in [2.24, 2.45) is 0 Å². The van der Waals surface area contributed by atoms with Crippen molar-refractivity contribution in [1.82, 2.24) is 14.9 Å². The minimum absolute atomic E-state index is 0.150. The van der Waals surface area contributed by atoms with Gasteiger partial charge in [-0.15, -0.1) is 0 Å². The zero-order valence-corrected chi connectivity index (χ0v) is 26.0. The molecule has 12 nitrogen and oxygen atoms in total. The second-order valence-corrected chi connectivity index (χ2v) is 18.0. The normalized spacial score (nSPS) is 17.8. The summed E-state index contributed by atoms with van der Waals surface area (Å²) in [5.74, 6) is 0.126. The van der Waals surface area contributed by atoms with Crippen LogP contribution in [-0.2, 0) is 25.7 Å². The molecule has 2 atom stereocenters. The van der Waals surface area contributed by atoms with Crippen molar-refractivity contribution in [3.63, 3.8) is 0 Å². The number of aliphatic hydroxyl groups excluding tert-OH is 1. The Morgan fingerprint density at radius 3 is 2.59 bits per heavy atom. The lowest BCUT2D eigenvalue weighted by molar-refractivity contribution is -0.118. The molecular formula is C28H43N5O7Si. The Hall–Kier alpha value is -3.42. The average Bonchev–Trinajstić information content (AvgIpc) is 3.26. The molecule has 0 saturated heterocycles. The fraction of sp³-hybridized carbons (Fsp3) is 0.571. The zero-order chi connectivity index (χ0) is 30.4. The molecule has 0 spiro atoms. The number of nitrogens with zero attached hydrogens (tertiary/aromatic N) is 2. The molecule has 2 aromatic rings. The van der Waals surface area contributed by atoms with Gasteiger partial charge in [0, 0.05) is 32.1 Å². The first kappa shape index (κ1) is 32.1. The molecule has 1 aliphatic heterocycles. The topological polar surface area (TPSA) is 153 Å². The van der Waals surface area contributed by atoms with E-state index in [0.29, 0.717) is 41.5 Å². The summed E-state index contributed by atoms with van der Waals surface area (Å²) in [5, 5.41) is 19.0. The number of aliphatic hydroxyl groups is 1. The van der Waals surface area contributed by atoms with E-state index in [-0.39, 0.29) is 19.6 Å². The van der Waals surface area contributed by atoms with Gasteiger partial charge >= 0.3 is 12.2 Å². The van der Waals surface area contributed by atoms with Gasteiger partial charge in [0.05, 0.1) is 37.1 Å². The summed E-state index contributed by atoms with van der Waals surface area (Å²) in [6, 6.07) is 5.35. The van der Waals surface area contributed by atoms with Crippen molar-refractivity contribution in [2.45, 2.75) is 90.2 Å². The third kappa shape index (κ3) is 10.2. The fourth-order valence-corrected chi connectivity index (χ4v) is 4.95. The number of ether oxygens (including phenoxy) is 3. The average molecular weight is 590 g/mol. The van der Waals surface area contributed by atoms with Crippen LogP contribution < -0.4 is 16.0 Å². The molecule has 4 N–H and O–H groups in total. The molecule has 2 bridgehead atoms. The number of anilines is 2. The quantitative estimate of drug-likeness (QED) is 0.257. The van der Waals surface area contributed by atoms with Gasteiger partial charge in [-0.1, -0.05) is 19.6 Å². The number of fused-ring (bicyclic) bond motifs is 4. The minimum atomic E-state index is -1.31. The van der Waals surface area contributed by atoms with E-state index in [2.05, 4.69) is 40.3 Å². The first-order valence-electron chi connectivity index (χ1n) is 13.7. The Kier molecular flexibility index (Phi) is 10.6. The van der Waals surface area contributed by atoms with Crippen molar-refractivity contribution in [1.29, 1.82) is 0 Å². The highest BCUT2D eigenvalue weighted by molar-refractivity contribution is 6.76. The van der Waals surface area contributed by atoms with E-state index in [1.165, 1.54) is 7.11 Å². The molecule has 0 aliphatic carbocycles. The molecule has 0 saturated carbocycles. The van der Waals surface area contributed by atoms with Gasteiger partial charge in [0.15, 0.2) is 0 Å². The lowest BCUT2D eigenvalue weighted by atomic mass is 10.0. The van der Waals surface area contributed by atoms with Crippen LogP contribution in [-0.4, -0.2) is 66.2 Å². The lowest BCUT2D eigenvalue weighted by Gasteiger charge is -2.25. The molecule has 13 heteroatoms. The van der Waals surface area contributed by atoms with Crippen molar-refractivity contribution in [3.8, 4) is 11.3 Å². The predicted octanol–water partition coefficient (Wildman–Crippen LogP) is 5.09. The van der Waals surface area contributed by atoms with Crippen LogP contribution in [0.25, 0.3) is 11.3 Å². The Labute approximate surface area is 242 Å². The predicted molar refractivity (Wildman–Crippen MR) is 158 cm³/mol. The number of aromatic nitrogens is 2. The maximum absolute atomic E-state index is 12.8. The number of rotatable bonds is 7. The maximum atomic E-state index is 12.8. The standard InChI is InChI=1S/C28H43N5O7Si/c1-28(2,3)40-27(37)32-21-11-9-19(34)15-24(35)30-22-14-18(29-26(36)38-4)8-10-20(22)23-16-33(25(21)31-23)17-39-12-13-41(5,6)7/h8,10,14,16,19,21,34H,9,11-13,15,17H2,1-7H3,(H,29,36)(H,30,35)(H,32,37)/t19-,21?/m0/s1. The first-order valence-corrected chi connectivity index (χ1v) is 17.5. The van der Waals surface area contributed by atoms with Gasteiger partial charge in [-0.25, -0.2) is 14.6 Å². The van der Waals surface area contributed by atoms with Gasteiger partial charge in [0.25, 0.3) is 0 Å². The highest BCUT2D eigenvalue weighted by atomic mass is 28.3. The van der Waals surface area contributed by atoms with Crippen molar-refractivity contribution >= 4 is 37.5 Å². The number of carbonyl (C=O) groups is 3. The molecule has 226 valence electrons. The number of nitrogens with one attached hydrogen (secondary N) is 3. The number of imidazole rings is 1. The van der Waals surface area contributed by atoms with Crippen molar-refractivity contribution in [3.05, 3.63) is 30.2 Å². The van der Waals surface area contributed by atoms with Gasteiger partial charge in [-0.3, -0.25) is 10.1 Å². The fourth-order valence-electron chi connectivity index (χ4n) is 4.19. The van der Waals surface area contributed by atoms with Crippen LogP contribution in [0.3, 0.4) is 0 Å². The molecule has 41 heavy (non-hydrogen) atoms. The molecule has 1 unspecified atom stereocenters. The van der Waals surface area contributed by atoms with E-state index in [1.54, 1.807) is 45.2 Å². The number of benzene rings is 1. The molecule has 0 radical (unpaired) electrons. The van der Waals surface area contributed by atoms with Crippen LogP contribution in [0.2, 0.25) is 25.7 Å². The molecule has 3 amide bonds. The molecular weight excluding hydrogens is 546 g/mol. The summed E-state index contributed by atoms with van der Waals surface area (Å²) in [6.07, 6.45) is -0.0395. The van der Waals surface area contributed by atoms with Crippen LogP contribution in [0, 0.1) is 0 Å². The minimum Gasteiger partial charge on any atom is -0.453 e. The molecule has 0 fully saturated rings. The molecule has 1 aromatic carbocycles. The molecule has 3 rings (SSSR count). The largest absolute Gasteiger partial charge is 0.453 e. The third-order valence-corrected chi connectivity index (χ3v) is 7.95. The van der Waals surface area contributed by atoms with Gasteiger partial charge in [0.2, 0.25) is 5.91 Å². The summed E-state index contributed by atoms with van der Waals surface area (Å²) in [7, 11) is -0.0527. The number of methoxy groups -OCH3 is 1. The van der Waals surface area contributed by atoms with Crippen molar-refractivity contribution < 1.29 is 33.7 Å². The smallest absolute Gasteiger partial charge is 0.411 e. The van der Waals surface area contributed by atoms with E-state index in [4.69, 9.17) is 14.5 Å². The lowest BCUT2D eigenvalue weighted by Crippen LogP contribution is -2.36. The third-order valence-electron chi connectivity index (χ3n) is 6.25. The van der Waals surface area contributed by atoms with Gasteiger partial charge in [-0.05, 0) is 57.9 Å².